The number of amides is 1. The van der Waals surface area contributed by atoms with E-state index in [1.54, 1.807) is 0 Å². The summed E-state index contributed by atoms with van der Waals surface area (Å²) >= 11 is 0. The lowest BCUT2D eigenvalue weighted by atomic mass is 9.82. The zero-order valence-electron chi connectivity index (χ0n) is 21.7. The van der Waals surface area contributed by atoms with Gasteiger partial charge in [0.2, 0.25) is 5.91 Å². The molecule has 3 fully saturated rings. The molecule has 2 atom stereocenters. The molecular formula is C27H51N3O3. The predicted molar refractivity (Wildman–Crippen MR) is 133 cm³/mol. The summed E-state index contributed by atoms with van der Waals surface area (Å²) in [4.78, 5) is 25.6. The summed E-state index contributed by atoms with van der Waals surface area (Å²) in [6, 6.07) is 0. The van der Waals surface area contributed by atoms with Crippen molar-refractivity contribution in [3.8, 4) is 0 Å². The fourth-order valence-corrected chi connectivity index (χ4v) is 6.14. The van der Waals surface area contributed by atoms with Gasteiger partial charge in [-0.15, -0.1) is 4.99 Å². The van der Waals surface area contributed by atoms with Gasteiger partial charge in [0, 0.05) is 33.1 Å². The van der Waals surface area contributed by atoms with Crippen LogP contribution in [0, 0.1) is 29.6 Å². The van der Waals surface area contributed by atoms with Crippen LogP contribution in [0.2, 0.25) is 0 Å². The minimum Gasteiger partial charge on any atom is -0.356 e. The maximum Gasteiger partial charge on any atom is 0.220 e. The average molecular weight is 466 g/mol. The number of piperidine rings is 1. The van der Waals surface area contributed by atoms with Crippen LogP contribution in [0.15, 0.2) is 0 Å². The van der Waals surface area contributed by atoms with Crippen molar-refractivity contribution in [3.63, 3.8) is 0 Å². The Hall–Kier alpha value is -0.690. The third-order valence-corrected chi connectivity index (χ3v) is 8.32. The fourth-order valence-electron chi connectivity index (χ4n) is 6.14. The van der Waals surface area contributed by atoms with E-state index in [0.717, 1.165) is 30.8 Å². The maximum absolute atomic E-state index is 12.2. The van der Waals surface area contributed by atoms with Crippen LogP contribution in [0.5, 0.6) is 0 Å². The third kappa shape index (κ3) is 10.6. The van der Waals surface area contributed by atoms with Crippen LogP contribution in [0.1, 0.15) is 90.9 Å². The first kappa shape index (κ1) is 26.9. The highest BCUT2D eigenvalue weighted by atomic mass is 17.3. The fraction of sp³-hybridized carbons (Fsp3) is 0.963. The van der Waals surface area contributed by atoms with E-state index in [4.69, 9.17) is 9.88 Å². The third-order valence-electron chi connectivity index (χ3n) is 8.32. The Morgan fingerprint density at radius 3 is 2.42 bits per heavy atom. The van der Waals surface area contributed by atoms with Crippen molar-refractivity contribution in [1.82, 2.24) is 15.3 Å². The highest BCUT2D eigenvalue weighted by molar-refractivity contribution is 5.75. The molecule has 2 saturated carbocycles. The number of hydroxylamine groups is 2. The second-order valence-electron chi connectivity index (χ2n) is 11.6. The number of nitrogens with one attached hydrogen (secondary N) is 1. The number of carbonyl (C=O) groups excluding carboxylic acids is 1. The zero-order chi connectivity index (χ0) is 23.5. The molecule has 1 saturated heterocycles. The van der Waals surface area contributed by atoms with Gasteiger partial charge in [-0.2, -0.15) is 5.06 Å². The summed E-state index contributed by atoms with van der Waals surface area (Å²) in [5.41, 5.74) is 0. The molecule has 0 radical (unpaired) electrons. The van der Waals surface area contributed by atoms with Crippen molar-refractivity contribution >= 4 is 5.91 Å². The molecule has 3 aliphatic rings. The van der Waals surface area contributed by atoms with E-state index < -0.39 is 0 Å². The Morgan fingerprint density at radius 2 is 1.70 bits per heavy atom. The highest BCUT2D eigenvalue weighted by Crippen LogP contribution is 2.30. The van der Waals surface area contributed by atoms with Gasteiger partial charge in [-0.3, -0.25) is 4.79 Å². The van der Waals surface area contributed by atoms with E-state index >= 15 is 0 Å². The summed E-state index contributed by atoms with van der Waals surface area (Å²) < 4.78 is 0. The molecule has 1 amide bonds. The van der Waals surface area contributed by atoms with Crippen molar-refractivity contribution in [3.05, 3.63) is 0 Å². The van der Waals surface area contributed by atoms with Gasteiger partial charge in [0.05, 0.1) is 6.61 Å². The van der Waals surface area contributed by atoms with Crippen molar-refractivity contribution in [2.75, 3.05) is 46.4 Å². The molecule has 1 aliphatic heterocycles. The number of hydrogen-bond acceptors (Lipinski definition) is 5. The van der Waals surface area contributed by atoms with Crippen LogP contribution in [0.25, 0.3) is 0 Å². The standard InChI is InChI=1S/C27H51N3O3/c1-22-9-11-25(12-10-22)20-29(3)33-32-17-5-8-27(31)28-19-24-13-15-30(16-14-24)21-26-7-4-6-23(2)18-26/h22-26H,4-21H2,1-3H3,(H,28,31). The maximum atomic E-state index is 12.2. The Balaban J connectivity index is 1.15. The quantitative estimate of drug-likeness (QED) is 0.248. The molecule has 1 heterocycles. The molecule has 2 unspecified atom stereocenters. The number of rotatable bonds is 12. The molecule has 0 aromatic heterocycles. The first-order valence-corrected chi connectivity index (χ1v) is 14.0. The molecule has 6 heteroatoms. The van der Waals surface area contributed by atoms with Gasteiger partial charge < -0.3 is 10.2 Å². The molecule has 6 nitrogen and oxygen atoms in total. The van der Waals surface area contributed by atoms with Gasteiger partial charge in [0.1, 0.15) is 0 Å². The first-order valence-electron chi connectivity index (χ1n) is 14.0. The topological polar surface area (TPSA) is 54.0 Å². The molecule has 0 bridgehead atoms. The van der Waals surface area contributed by atoms with Crippen molar-refractivity contribution in [1.29, 1.82) is 0 Å². The Bertz CT molecular complexity index is 545. The van der Waals surface area contributed by atoms with Gasteiger partial charge in [-0.05, 0) is 87.6 Å². The normalized spacial score (nSPS) is 29.9. The Morgan fingerprint density at radius 1 is 0.939 bits per heavy atom. The van der Waals surface area contributed by atoms with Crippen LogP contribution < -0.4 is 5.32 Å². The molecule has 2 aliphatic carbocycles. The minimum atomic E-state index is 0.141. The minimum absolute atomic E-state index is 0.141. The smallest absolute Gasteiger partial charge is 0.220 e. The lowest BCUT2D eigenvalue weighted by Gasteiger charge is -2.36. The molecule has 1 N–H and O–H groups in total. The zero-order valence-corrected chi connectivity index (χ0v) is 21.7. The van der Waals surface area contributed by atoms with Crippen LogP contribution in [-0.2, 0) is 14.7 Å². The predicted octanol–water partition coefficient (Wildman–Crippen LogP) is 5.04. The van der Waals surface area contributed by atoms with Gasteiger partial charge in [-0.25, -0.2) is 4.89 Å². The van der Waals surface area contributed by atoms with E-state index in [1.165, 1.54) is 83.8 Å². The highest BCUT2D eigenvalue weighted by Gasteiger charge is 2.25. The second kappa shape index (κ2) is 14.7. The van der Waals surface area contributed by atoms with E-state index in [0.29, 0.717) is 31.3 Å². The monoisotopic (exact) mass is 465 g/mol. The summed E-state index contributed by atoms with van der Waals surface area (Å²) in [6.07, 6.45) is 14.5. The van der Waals surface area contributed by atoms with Crippen molar-refractivity contribution in [2.24, 2.45) is 29.6 Å². The van der Waals surface area contributed by atoms with E-state index in [-0.39, 0.29) is 5.91 Å². The van der Waals surface area contributed by atoms with Crippen LogP contribution in [0.4, 0.5) is 0 Å². The van der Waals surface area contributed by atoms with Gasteiger partial charge >= 0.3 is 0 Å². The molecule has 192 valence electrons. The number of likely N-dealkylation sites (tertiary alicyclic amines) is 1. The summed E-state index contributed by atoms with van der Waals surface area (Å²) in [6.45, 7) is 10.7. The Labute approximate surface area is 203 Å². The van der Waals surface area contributed by atoms with Crippen LogP contribution in [0.3, 0.4) is 0 Å². The van der Waals surface area contributed by atoms with Gasteiger partial charge in [0.25, 0.3) is 0 Å². The first-order chi connectivity index (χ1) is 16.0. The molecular weight excluding hydrogens is 414 g/mol. The average Bonchev–Trinajstić information content (AvgIpc) is 2.80. The van der Waals surface area contributed by atoms with E-state index in [1.807, 2.05) is 12.1 Å². The lowest BCUT2D eigenvalue weighted by molar-refractivity contribution is -0.421. The van der Waals surface area contributed by atoms with E-state index in [2.05, 4.69) is 24.1 Å². The Kier molecular flexibility index (Phi) is 11.9. The molecule has 3 rings (SSSR count). The molecule has 0 aromatic carbocycles. The van der Waals surface area contributed by atoms with Crippen molar-refractivity contribution in [2.45, 2.75) is 90.9 Å². The molecule has 0 spiro atoms. The number of nitrogens with zero attached hydrogens (tertiary/aromatic N) is 2. The van der Waals surface area contributed by atoms with Gasteiger partial charge in [0.15, 0.2) is 0 Å². The summed E-state index contributed by atoms with van der Waals surface area (Å²) in [5.74, 6) is 4.18. The van der Waals surface area contributed by atoms with Gasteiger partial charge in [-0.1, -0.05) is 39.5 Å². The number of carbonyl (C=O) groups is 1. The van der Waals surface area contributed by atoms with Crippen LogP contribution in [-0.4, -0.2) is 62.2 Å². The molecule has 33 heavy (non-hydrogen) atoms. The largest absolute Gasteiger partial charge is 0.356 e. The lowest BCUT2D eigenvalue weighted by Crippen LogP contribution is -2.41. The summed E-state index contributed by atoms with van der Waals surface area (Å²) in [7, 11) is 1.94. The van der Waals surface area contributed by atoms with Crippen molar-refractivity contribution < 1.29 is 14.7 Å². The molecule has 0 aromatic rings. The second-order valence-corrected chi connectivity index (χ2v) is 11.6. The number of hydrogen-bond donors (Lipinski definition) is 1. The summed E-state index contributed by atoms with van der Waals surface area (Å²) in [5, 5.41) is 4.96. The van der Waals surface area contributed by atoms with Crippen LogP contribution >= 0.6 is 0 Å². The SMILES string of the molecule is CC1CCC(CN(C)OOCCCC(=O)NCC2CCN(CC3CCCC(C)C3)CC2)CC1. The van der Waals surface area contributed by atoms with E-state index in [9.17, 15) is 4.79 Å².